The number of benzene rings is 2. The average Bonchev–Trinajstić information content (AvgIpc) is 2.54. The molecule has 0 fully saturated rings. The van der Waals surface area contributed by atoms with Crippen LogP contribution in [0.3, 0.4) is 0 Å². The summed E-state index contributed by atoms with van der Waals surface area (Å²) < 4.78 is 32.1. The largest absolute Gasteiger partial charge is 0.495 e. The highest BCUT2D eigenvalue weighted by atomic mass is 35.5. The summed E-state index contributed by atoms with van der Waals surface area (Å²) in [6.07, 6.45) is 0. The number of carbonyl (C=O) groups is 1. The van der Waals surface area contributed by atoms with Crippen LogP contribution in [0.2, 0.25) is 10.0 Å². The van der Waals surface area contributed by atoms with Crippen molar-refractivity contribution < 1.29 is 23.1 Å². The quantitative estimate of drug-likeness (QED) is 0.796. The van der Waals surface area contributed by atoms with Gasteiger partial charge in [0.05, 0.1) is 17.8 Å². The standard InChI is InChI=1S/C16H15Cl2NO5S/c1-10-3-6-14(24-2)13(7-10)19(9-16(20)21)25(22,23)15-8-11(17)4-5-12(15)18/h3-8H,9H2,1-2H3,(H,20,21). The number of anilines is 1. The third kappa shape index (κ3) is 4.18. The molecule has 0 amide bonds. The molecule has 1 N–H and O–H groups in total. The summed E-state index contributed by atoms with van der Waals surface area (Å²) in [4.78, 5) is 11.0. The molecule has 0 aromatic heterocycles. The first-order valence-corrected chi connectivity index (χ1v) is 9.20. The second kappa shape index (κ2) is 7.51. The Morgan fingerprint density at radius 2 is 1.88 bits per heavy atom. The number of aryl methyl sites for hydroxylation is 1. The zero-order chi connectivity index (χ0) is 18.8. The molecule has 0 aliphatic rings. The van der Waals surface area contributed by atoms with E-state index in [0.717, 1.165) is 9.87 Å². The van der Waals surface area contributed by atoms with Gasteiger partial charge in [-0.1, -0.05) is 29.3 Å². The van der Waals surface area contributed by atoms with Crippen molar-refractivity contribution in [3.8, 4) is 5.75 Å². The average molecular weight is 404 g/mol. The summed E-state index contributed by atoms with van der Waals surface area (Å²) in [5.41, 5.74) is 0.833. The highest BCUT2D eigenvalue weighted by Crippen LogP contribution is 2.35. The maximum atomic E-state index is 13.1. The lowest BCUT2D eigenvalue weighted by Gasteiger charge is -2.25. The van der Waals surface area contributed by atoms with E-state index in [1.807, 2.05) is 0 Å². The molecule has 0 saturated heterocycles. The van der Waals surface area contributed by atoms with Crippen molar-refractivity contribution in [3.63, 3.8) is 0 Å². The molecule has 0 heterocycles. The Labute approximate surface area is 155 Å². The van der Waals surface area contributed by atoms with E-state index in [1.54, 1.807) is 19.1 Å². The van der Waals surface area contributed by atoms with Crippen molar-refractivity contribution in [2.24, 2.45) is 0 Å². The van der Waals surface area contributed by atoms with Gasteiger partial charge in [-0.3, -0.25) is 9.10 Å². The lowest BCUT2D eigenvalue weighted by Crippen LogP contribution is -2.36. The zero-order valence-electron chi connectivity index (χ0n) is 13.4. The topological polar surface area (TPSA) is 83.9 Å². The number of aliphatic carboxylic acids is 1. The van der Waals surface area contributed by atoms with Crippen LogP contribution in [0, 0.1) is 6.92 Å². The number of ether oxygens (including phenoxy) is 1. The molecular weight excluding hydrogens is 389 g/mol. The Bertz CT molecular complexity index is 915. The lowest BCUT2D eigenvalue weighted by molar-refractivity contribution is -0.135. The number of carboxylic acid groups (broad SMARTS) is 1. The molecule has 6 nitrogen and oxygen atoms in total. The van der Waals surface area contributed by atoms with Gasteiger partial charge in [-0.05, 0) is 42.8 Å². The van der Waals surface area contributed by atoms with Gasteiger partial charge in [0.15, 0.2) is 0 Å². The van der Waals surface area contributed by atoms with Crippen molar-refractivity contribution in [1.82, 2.24) is 0 Å². The third-order valence-electron chi connectivity index (χ3n) is 3.34. The Balaban J connectivity index is 2.71. The van der Waals surface area contributed by atoms with E-state index in [9.17, 15) is 18.3 Å². The van der Waals surface area contributed by atoms with Gasteiger partial charge in [0, 0.05) is 5.02 Å². The summed E-state index contributed by atoms with van der Waals surface area (Å²) >= 11 is 11.9. The fourth-order valence-corrected chi connectivity index (χ4v) is 4.37. The summed E-state index contributed by atoms with van der Waals surface area (Å²) in [5.74, 6) is -1.11. The third-order valence-corrected chi connectivity index (χ3v) is 5.82. The summed E-state index contributed by atoms with van der Waals surface area (Å²) in [5, 5.41) is 9.30. The van der Waals surface area contributed by atoms with Crippen LogP contribution in [-0.4, -0.2) is 33.1 Å². The number of carboxylic acids is 1. The summed E-state index contributed by atoms with van der Waals surface area (Å²) in [7, 11) is -2.93. The molecule has 25 heavy (non-hydrogen) atoms. The molecule has 2 aromatic rings. The van der Waals surface area contributed by atoms with E-state index >= 15 is 0 Å². The molecule has 0 aliphatic carbocycles. The first-order chi connectivity index (χ1) is 11.7. The molecular formula is C16H15Cl2NO5S. The molecule has 0 radical (unpaired) electrons. The Kier molecular flexibility index (Phi) is 5.82. The van der Waals surface area contributed by atoms with Crippen LogP contribution in [0.4, 0.5) is 5.69 Å². The van der Waals surface area contributed by atoms with Crippen molar-refractivity contribution in [2.45, 2.75) is 11.8 Å². The first kappa shape index (κ1) is 19.4. The number of halogens is 2. The van der Waals surface area contributed by atoms with Gasteiger partial charge < -0.3 is 9.84 Å². The van der Waals surface area contributed by atoms with Crippen LogP contribution < -0.4 is 9.04 Å². The maximum absolute atomic E-state index is 13.1. The molecule has 0 atom stereocenters. The summed E-state index contributed by atoms with van der Waals surface area (Å²) in [6.45, 7) is 0.950. The number of hydrogen-bond donors (Lipinski definition) is 1. The van der Waals surface area contributed by atoms with Crippen LogP contribution in [0.5, 0.6) is 5.75 Å². The minimum absolute atomic E-state index is 0.0635. The van der Waals surface area contributed by atoms with Crippen molar-refractivity contribution in [2.75, 3.05) is 18.0 Å². The van der Waals surface area contributed by atoms with Gasteiger partial charge in [0.2, 0.25) is 0 Å². The fourth-order valence-electron chi connectivity index (χ4n) is 2.21. The molecule has 2 aromatic carbocycles. The van der Waals surface area contributed by atoms with Gasteiger partial charge >= 0.3 is 5.97 Å². The van der Waals surface area contributed by atoms with Crippen molar-refractivity contribution in [3.05, 3.63) is 52.0 Å². The monoisotopic (exact) mass is 403 g/mol. The zero-order valence-corrected chi connectivity index (χ0v) is 15.7. The Morgan fingerprint density at radius 1 is 1.20 bits per heavy atom. The number of nitrogens with zero attached hydrogens (tertiary/aromatic N) is 1. The van der Waals surface area contributed by atoms with Gasteiger partial charge in [0.1, 0.15) is 17.2 Å². The van der Waals surface area contributed by atoms with E-state index in [-0.39, 0.29) is 26.4 Å². The van der Waals surface area contributed by atoms with Gasteiger partial charge in [-0.15, -0.1) is 0 Å². The highest BCUT2D eigenvalue weighted by molar-refractivity contribution is 7.93. The molecule has 2 rings (SSSR count). The van der Waals surface area contributed by atoms with E-state index in [0.29, 0.717) is 0 Å². The number of rotatable bonds is 6. The van der Waals surface area contributed by atoms with Crippen LogP contribution in [0.1, 0.15) is 5.56 Å². The fraction of sp³-hybridized carbons (Fsp3) is 0.188. The van der Waals surface area contributed by atoms with Gasteiger partial charge in [0.25, 0.3) is 10.0 Å². The van der Waals surface area contributed by atoms with E-state index in [1.165, 1.54) is 31.4 Å². The van der Waals surface area contributed by atoms with Crippen molar-refractivity contribution >= 4 is 44.9 Å². The predicted molar refractivity (Wildman–Crippen MR) is 96.4 cm³/mol. The number of hydrogen-bond acceptors (Lipinski definition) is 4. The number of methoxy groups -OCH3 is 1. The first-order valence-electron chi connectivity index (χ1n) is 7.01. The number of sulfonamides is 1. The van der Waals surface area contributed by atoms with Gasteiger partial charge in [-0.25, -0.2) is 8.42 Å². The second-order valence-corrected chi connectivity index (χ2v) is 7.83. The highest BCUT2D eigenvalue weighted by Gasteiger charge is 2.31. The smallest absolute Gasteiger partial charge is 0.324 e. The Hall–Kier alpha value is -1.96. The SMILES string of the molecule is COc1ccc(C)cc1N(CC(=O)O)S(=O)(=O)c1cc(Cl)ccc1Cl. The van der Waals surface area contributed by atoms with Crippen LogP contribution in [0.15, 0.2) is 41.3 Å². The van der Waals surface area contributed by atoms with E-state index in [4.69, 9.17) is 27.9 Å². The minimum Gasteiger partial charge on any atom is -0.495 e. The van der Waals surface area contributed by atoms with Gasteiger partial charge in [-0.2, -0.15) is 0 Å². The molecule has 0 bridgehead atoms. The molecule has 9 heteroatoms. The van der Waals surface area contributed by atoms with Crippen LogP contribution in [-0.2, 0) is 14.8 Å². The molecule has 0 aliphatic heterocycles. The predicted octanol–water partition coefficient (Wildman–Crippen LogP) is 3.59. The second-order valence-electron chi connectivity index (χ2n) is 5.16. The minimum atomic E-state index is -4.30. The maximum Gasteiger partial charge on any atom is 0.324 e. The van der Waals surface area contributed by atoms with E-state index < -0.39 is 22.5 Å². The molecule has 0 unspecified atom stereocenters. The van der Waals surface area contributed by atoms with Crippen LogP contribution in [0.25, 0.3) is 0 Å². The molecule has 134 valence electrons. The van der Waals surface area contributed by atoms with Crippen molar-refractivity contribution in [1.29, 1.82) is 0 Å². The Morgan fingerprint density at radius 3 is 2.48 bits per heavy atom. The molecule has 0 saturated carbocycles. The summed E-state index contributed by atoms with van der Waals surface area (Å²) in [6, 6.07) is 8.77. The van der Waals surface area contributed by atoms with E-state index in [2.05, 4.69) is 0 Å². The van der Waals surface area contributed by atoms with Crippen LogP contribution >= 0.6 is 23.2 Å². The normalized spacial score (nSPS) is 11.2. The lowest BCUT2D eigenvalue weighted by atomic mass is 10.2. The molecule has 0 spiro atoms.